The summed E-state index contributed by atoms with van der Waals surface area (Å²) in [6, 6.07) is 8.68. The van der Waals surface area contributed by atoms with Crippen molar-refractivity contribution in [3.63, 3.8) is 0 Å². The SMILES string of the molecule is CCCN(CC(=O)O)C(=O)Nc1ccc2ncccc2c1. The Morgan fingerprint density at radius 1 is 1.33 bits per heavy atom. The number of urea groups is 1. The van der Waals surface area contributed by atoms with Crippen LogP contribution in [0.1, 0.15) is 13.3 Å². The van der Waals surface area contributed by atoms with Crippen molar-refractivity contribution in [3.8, 4) is 0 Å². The van der Waals surface area contributed by atoms with E-state index in [1.54, 1.807) is 12.3 Å². The van der Waals surface area contributed by atoms with Crippen molar-refractivity contribution >= 4 is 28.6 Å². The third kappa shape index (κ3) is 3.92. The molecule has 0 saturated heterocycles. The zero-order chi connectivity index (χ0) is 15.2. The Morgan fingerprint density at radius 3 is 2.86 bits per heavy atom. The maximum Gasteiger partial charge on any atom is 0.323 e. The number of nitrogens with one attached hydrogen (secondary N) is 1. The van der Waals surface area contributed by atoms with Gasteiger partial charge in [0, 0.05) is 23.8 Å². The van der Waals surface area contributed by atoms with E-state index < -0.39 is 12.0 Å². The molecule has 0 aliphatic heterocycles. The summed E-state index contributed by atoms with van der Waals surface area (Å²) in [6.07, 6.45) is 2.40. The van der Waals surface area contributed by atoms with Crippen molar-refractivity contribution in [2.24, 2.45) is 0 Å². The highest BCUT2D eigenvalue weighted by Gasteiger charge is 2.15. The van der Waals surface area contributed by atoms with Gasteiger partial charge in [0.2, 0.25) is 0 Å². The molecule has 1 heterocycles. The van der Waals surface area contributed by atoms with E-state index in [4.69, 9.17) is 5.11 Å². The number of carboxylic acid groups (broad SMARTS) is 1. The molecule has 0 atom stereocenters. The lowest BCUT2D eigenvalue weighted by Gasteiger charge is -2.20. The first-order valence-corrected chi connectivity index (χ1v) is 6.72. The molecule has 1 aromatic carbocycles. The number of carbonyl (C=O) groups is 2. The van der Waals surface area contributed by atoms with Crippen molar-refractivity contribution in [1.29, 1.82) is 0 Å². The van der Waals surface area contributed by atoms with Crippen molar-refractivity contribution < 1.29 is 14.7 Å². The van der Waals surface area contributed by atoms with Crippen LogP contribution in [0.25, 0.3) is 10.9 Å². The van der Waals surface area contributed by atoms with Gasteiger partial charge >= 0.3 is 12.0 Å². The van der Waals surface area contributed by atoms with Crippen LogP contribution in [-0.4, -0.2) is 40.1 Å². The Bertz CT molecular complexity index is 657. The van der Waals surface area contributed by atoms with E-state index in [0.717, 1.165) is 10.9 Å². The summed E-state index contributed by atoms with van der Waals surface area (Å²) in [5.74, 6) is -1.03. The summed E-state index contributed by atoms with van der Waals surface area (Å²) >= 11 is 0. The first-order chi connectivity index (χ1) is 10.1. The molecule has 0 radical (unpaired) electrons. The van der Waals surface area contributed by atoms with Crippen LogP contribution in [0.4, 0.5) is 10.5 Å². The van der Waals surface area contributed by atoms with Gasteiger partial charge in [-0.15, -0.1) is 0 Å². The van der Waals surface area contributed by atoms with Crippen LogP contribution in [0, 0.1) is 0 Å². The predicted octanol–water partition coefficient (Wildman–Crippen LogP) is 2.56. The largest absolute Gasteiger partial charge is 0.480 e. The molecule has 0 spiro atoms. The number of amides is 2. The highest BCUT2D eigenvalue weighted by atomic mass is 16.4. The molecule has 6 heteroatoms. The number of fused-ring (bicyclic) bond motifs is 1. The molecule has 2 N–H and O–H groups in total. The lowest BCUT2D eigenvalue weighted by Crippen LogP contribution is -2.39. The second-order valence-corrected chi connectivity index (χ2v) is 4.66. The summed E-state index contributed by atoms with van der Waals surface area (Å²) in [4.78, 5) is 28.4. The Balaban J connectivity index is 2.13. The second-order valence-electron chi connectivity index (χ2n) is 4.66. The fraction of sp³-hybridized carbons (Fsp3) is 0.267. The number of hydrogen-bond donors (Lipinski definition) is 2. The van der Waals surface area contributed by atoms with Crippen LogP contribution >= 0.6 is 0 Å². The first-order valence-electron chi connectivity index (χ1n) is 6.72. The monoisotopic (exact) mass is 287 g/mol. The van der Waals surface area contributed by atoms with Gasteiger partial charge in [-0.2, -0.15) is 0 Å². The highest BCUT2D eigenvalue weighted by Crippen LogP contribution is 2.17. The summed E-state index contributed by atoms with van der Waals surface area (Å²) in [5, 5.41) is 12.5. The molecule has 21 heavy (non-hydrogen) atoms. The summed E-state index contributed by atoms with van der Waals surface area (Å²) < 4.78 is 0. The zero-order valence-corrected chi connectivity index (χ0v) is 11.7. The van der Waals surface area contributed by atoms with Gasteiger partial charge in [0.1, 0.15) is 6.54 Å². The van der Waals surface area contributed by atoms with Gasteiger partial charge in [0.25, 0.3) is 0 Å². The minimum atomic E-state index is -1.03. The van der Waals surface area contributed by atoms with E-state index in [9.17, 15) is 9.59 Å². The molecule has 2 amide bonds. The van der Waals surface area contributed by atoms with E-state index >= 15 is 0 Å². The van der Waals surface area contributed by atoms with Gasteiger partial charge < -0.3 is 15.3 Å². The van der Waals surface area contributed by atoms with Crippen LogP contribution in [0.3, 0.4) is 0 Å². The molecule has 0 bridgehead atoms. The molecular weight excluding hydrogens is 270 g/mol. The molecular formula is C15H17N3O3. The predicted molar refractivity (Wildman–Crippen MR) is 80.3 cm³/mol. The van der Waals surface area contributed by atoms with Crippen molar-refractivity contribution in [3.05, 3.63) is 36.5 Å². The molecule has 1 aromatic heterocycles. The molecule has 110 valence electrons. The summed E-state index contributed by atoms with van der Waals surface area (Å²) in [6.45, 7) is 1.98. The average Bonchev–Trinajstić information content (AvgIpc) is 2.46. The molecule has 6 nitrogen and oxygen atoms in total. The molecule has 2 aromatic rings. The fourth-order valence-corrected chi connectivity index (χ4v) is 2.04. The van der Waals surface area contributed by atoms with Crippen LogP contribution in [0.15, 0.2) is 36.5 Å². The molecule has 0 saturated carbocycles. The van der Waals surface area contributed by atoms with Crippen molar-refractivity contribution in [2.45, 2.75) is 13.3 Å². The maximum atomic E-state index is 12.1. The summed E-state index contributed by atoms with van der Waals surface area (Å²) in [7, 11) is 0. The van der Waals surface area contributed by atoms with Crippen LogP contribution in [-0.2, 0) is 4.79 Å². The third-order valence-electron chi connectivity index (χ3n) is 2.96. The quantitative estimate of drug-likeness (QED) is 0.885. The van der Waals surface area contributed by atoms with Crippen molar-refractivity contribution in [2.75, 3.05) is 18.4 Å². The number of hydrogen-bond acceptors (Lipinski definition) is 3. The van der Waals surface area contributed by atoms with E-state index in [2.05, 4.69) is 10.3 Å². The van der Waals surface area contributed by atoms with Gasteiger partial charge in [0.05, 0.1) is 5.52 Å². The second kappa shape index (κ2) is 6.69. The molecule has 0 unspecified atom stereocenters. The van der Waals surface area contributed by atoms with Gasteiger partial charge in [-0.25, -0.2) is 4.79 Å². The Hall–Kier alpha value is -2.63. The van der Waals surface area contributed by atoms with Gasteiger partial charge in [-0.1, -0.05) is 13.0 Å². The van der Waals surface area contributed by atoms with Gasteiger partial charge in [0.15, 0.2) is 0 Å². The topological polar surface area (TPSA) is 82.5 Å². The maximum absolute atomic E-state index is 12.1. The lowest BCUT2D eigenvalue weighted by molar-refractivity contribution is -0.137. The van der Waals surface area contributed by atoms with E-state index in [-0.39, 0.29) is 6.54 Å². The zero-order valence-electron chi connectivity index (χ0n) is 11.7. The number of carbonyl (C=O) groups excluding carboxylic acids is 1. The number of nitrogens with zero attached hydrogens (tertiary/aromatic N) is 2. The number of pyridine rings is 1. The number of carboxylic acids is 1. The lowest BCUT2D eigenvalue weighted by atomic mass is 10.2. The minimum absolute atomic E-state index is 0.311. The number of benzene rings is 1. The van der Waals surface area contributed by atoms with Crippen LogP contribution in [0.5, 0.6) is 0 Å². The summed E-state index contributed by atoms with van der Waals surface area (Å²) in [5.41, 5.74) is 1.46. The number of aromatic nitrogens is 1. The smallest absolute Gasteiger partial charge is 0.323 e. The standard InChI is InChI=1S/C15H17N3O3/c1-2-8-18(10-14(19)20)15(21)17-12-5-6-13-11(9-12)4-3-7-16-13/h3-7,9H,2,8,10H2,1H3,(H,17,21)(H,19,20). The average molecular weight is 287 g/mol. The van der Waals surface area contributed by atoms with Crippen molar-refractivity contribution in [1.82, 2.24) is 9.88 Å². The number of aliphatic carboxylic acids is 1. The van der Waals surface area contributed by atoms with Crippen LogP contribution < -0.4 is 5.32 Å². The Labute approximate surface area is 122 Å². The third-order valence-corrected chi connectivity index (χ3v) is 2.96. The van der Waals surface area contributed by atoms with Crippen LogP contribution in [0.2, 0.25) is 0 Å². The fourth-order valence-electron chi connectivity index (χ4n) is 2.04. The minimum Gasteiger partial charge on any atom is -0.480 e. The van der Waals surface area contributed by atoms with E-state index in [1.807, 2.05) is 31.2 Å². The molecule has 2 rings (SSSR count). The molecule has 0 aliphatic carbocycles. The highest BCUT2D eigenvalue weighted by molar-refractivity contribution is 5.93. The molecule has 0 aliphatic rings. The molecule has 0 fully saturated rings. The first kappa shape index (κ1) is 14.8. The number of rotatable bonds is 5. The van der Waals surface area contributed by atoms with Gasteiger partial charge in [-0.3, -0.25) is 9.78 Å². The van der Waals surface area contributed by atoms with E-state index in [1.165, 1.54) is 4.90 Å². The van der Waals surface area contributed by atoms with E-state index in [0.29, 0.717) is 18.7 Å². The Morgan fingerprint density at radius 2 is 2.14 bits per heavy atom. The normalized spacial score (nSPS) is 10.3. The van der Waals surface area contributed by atoms with Gasteiger partial charge in [-0.05, 0) is 30.7 Å². The Kier molecular flexibility index (Phi) is 4.71. The number of anilines is 1.